The van der Waals surface area contributed by atoms with Crippen LogP contribution < -0.4 is 21.9 Å². The van der Waals surface area contributed by atoms with E-state index < -0.39 is 0 Å². The Morgan fingerprint density at radius 3 is 2.38 bits per heavy atom. The third-order valence-electron chi connectivity index (χ3n) is 4.70. The highest BCUT2D eigenvalue weighted by molar-refractivity contribution is 6.01. The van der Waals surface area contributed by atoms with Crippen molar-refractivity contribution in [1.29, 1.82) is 0 Å². The molecular weight excluding hydrogens is 368 g/mol. The molecule has 1 aromatic carbocycles. The Hall–Kier alpha value is -2.45. The maximum atomic E-state index is 12.5. The molecule has 0 aromatic heterocycles. The van der Waals surface area contributed by atoms with Crippen LogP contribution in [0.25, 0.3) is 0 Å². The molecule has 160 valence electrons. The summed E-state index contributed by atoms with van der Waals surface area (Å²) >= 11 is 0. The normalized spacial score (nSPS) is 14.4. The zero-order chi connectivity index (χ0) is 21.5. The van der Waals surface area contributed by atoms with Gasteiger partial charge in [0.05, 0.1) is 12.0 Å². The van der Waals surface area contributed by atoms with Gasteiger partial charge in [0.1, 0.15) is 5.84 Å². The van der Waals surface area contributed by atoms with E-state index in [-0.39, 0.29) is 17.0 Å². The van der Waals surface area contributed by atoms with E-state index >= 15 is 0 Å². The Bertz CT molecular complexity index is 753. The van der Waals surface area contributed by atoms with Gasteiger partial charge in [0.2, 0.25) is 5.91 Å². The van der Waals surface area contributed by atoms with Gasteiger partial charge < -0.3 is 15.8 Å². The number of nitrogens with one attached hydrogen (secondary N) is 3. The van der Waals surface area contributed by atoms with E-state index in [2.05, 4.69) is 26.4 Å². The van der Waals surface area contributed by atoms with E-state index in [0.29, 0.717) is 31.2 Å². The number of hydrogen-bond acceptors (Lipinski definition) is 7. The summed E-state index contributed by atoms with van der Waals surface area (Å²) in [5.74, 6) is 1.34. The molecule has 0 radical (unpaired) electrons. The summed E-state index contributed by atoms with van der Waals surface area (Å²) < 4.78 is 5.92. The minimum absolute atomic E-state index is 0.0148. The van der Waals surface area contributed by atoms with Crippen molar-refractivity contribution in [2.75, 3.05) is 13.2 Å². The molecule has 1 amide bonds. The van der Waals surface area contributed by atoms with E-state index in [0.717, 1.165) is 24.0 Å². The van der Waals surface area contributed by atoms with Gasteiger partial charge in [0, 0.05) is 17.7 Å². The smallest absolute Gasteiger partial charge is 0.224 e. The Morgan fingerprint density at radius 1 is 1.10 bits per heavy atom. The van der Waals surface area contributed by atoms with Gasteiger partial charge in [-0.25, -0.2) is 0 Å². The SMILES string of the molecule is CC1=NNC(c2ccc(CC(=O)NC(C)(C)CCOC(C)(C)CCN)cc2)=NN1. The maximum Gasteiger partial charge on any atom is 0.224 e. The molecule has 1 heterocycles. The number of amides is 1. The number of hydrogen-bond donors (Lipinski definition) is 4. The van der Waals surface area contributed by atoms with E-state index in [4.69, 9.17) is 10.5 Å². The van der Waals surface area contributed by atoms with Gasteiger partial charge in [-0.05, 0) is 59.6 Å². The predicted octanol–water partition coefficient (Wildman–Crippen LogP) is 1.85. The molecule has 0 unspecified atom stereocenters. The number of benzene rings is 1. The van der Waals surface area contributed by atoms with Crippen LogP contribution in [0.3, 0.4) is 0 Å². The second kappa shape index (κ2) is 9.84. The molecule has 5 N–H and O–H groups in total. The lowest BCUT2D eigenvalue weighted by Crippen LogP contribution is -2.45. The molecule has 1 aliphatic heterocycles. The van der Waals surface area contributed by atoms with E-state index in [1.807, 2.05) is 58.9 Å². The van der Waals surface area contributed by atoms with Gasteiger partial charge in [0.15, 0.2) is 5.84 Å². The number of ether oxygens (including phenoxy) is 1. The van der Waals surface area contributed by atoms with Crippen molar-refractivity contribution in [2.24, 2.45) is 15.9 Å². The van der Waals surface area contributed by atoms with Crippen LogP contribution in [0.15, 0.2) is 34.5 Å². The summed E-state index contributed by atoms with van der Waals surface area (Å²) in [7, 11) is 0. The quantitative estimate of drug-likeness (QED) is 0.477. The summed E-state index contributed by atoms with van der Waals surface area (Å²) in [6, 6.07) is 7.70. The van der Waals surface area contributed by atoms with Gasteiger partial charge in [0.25, 0.3) is 0 Å². The Kier molecular flexibility index (Phi) is 7.75. The lowest BCUT2D eigenvalue weighted by atomic mass is 9.99. The topological polar surface area (TPSA) is 113 Å². The van der Waals surface area contributed by atoms with Crippen LogP contribution in [0.1, 0.15) is 58.6 Å². The average molecular weight is 403 g/mol. The second-order valence-electron chi connectivity index (χ2n) is 8.58. The average Bonchev–Trinajstić information content (AvgIpc) is 2.62. The second-order valence-corrected chi connectivity index (χ2v) is 8.58. The molecule has 0 fully saturated rings. The summed E-state index contributed by atoms with van der Waals surface area (Å²) in [4.78, 5) is 12.5. The van der Waals surface area contributed by atoms with E-state index in [1.54, 1.807) is 0 Å². The zero-order valence-corrected chi connectivity index (χ0v) is 18.1. The Morgan fingerprint density at radius 2 is 1.79 bits per heavy atom. The first-order valence-corrected chi connectivity index (χ1v) is 9.99. The zero-order valence-electron chi connectivity index (χ0n) is 18.1. The summed E-state index contributed by atoms with van der Waals surface area (Å²) in [5.41, 5.74) is 12.6. The minimum atomic E-state index is -0.349. The van der Waals surface area contributed by atoms with Crippen LogP contribution in [0.4, 0.5) is 0 Å². The van der Waals surface area contributed by atoms with Crippen molar-refractivity contribution in [1.82, 2.24) is 16.2 Å². The fraction of sp³-hybridized carbons (Fsp3) is 0.571. The van der Waals surface area contributed by atoms with Gasteiger partial charge in [-0.1, -0.05) is 24.3 Å². The van der Waals surface area contributed by atoms with Crippen molar-refractivity contribution in [3.63, 3.8) is 0 Å². The lowest BCUT2D eigenvalue weighted by Gasteiger charge is -2.30. The number of amidine groups is 2. The van der Waals surface area contributed by atoms with Gasteiger partial charge in [-0.3, -0.25) is 15.6 Å². The monoisotopic (exact) mass is 402 g/mol. The van der Waals surface area contributed by atoms with Crippen molar-refractivity contribution in [3.8, 4) is 0 Å². The van der Waals surface area contributed by atoms with Crippen LogP contribution in [0, 0.1) is 0 Å². The van der Waals surface area contributed by atoms with Crippen LogP contribution >= 0.6 is 0 Å². The molecule has 0 saturated carbocycles. The molecule has 0 aliphatic carbocycles. The molecule has 8 nitrogen and oxygen atoms in total. The minimum Gasteiger partial charge on any atom is -0.375 e. The number of carbonyl (C=O) groups excluding carboxylic acids is 1. The van der Waals surface area contributed by atoms with Gasteiger partial charge in [-0.15, -0.1) is 0 Å². The van der Waals surface area contributed by atoms with Crippen molar-refractivity contribution in [3.05, 3.63) is 35.4 Å². The number of nitrogens with two attached hydrogens (primary N) is 1. The van der Waals surface area contributed by atoms with Gasteiger partial charge in [-0.2, -0.15) is 10.2 Å². The summed E-state index contributed by atoms with van der Waals surface area (Å²) in [6.07, 6.45) is 1.85. The third-order valence-corrected chi connectivity index (χ3v) is 4.70. The molecule has 1 aliphatic rings. The van der Waals surface area contributed by atoms with Gasteiger partial charge >= 0.3 is 0 Å². The van der Waals surface area contributed by atoms with E-state index in [9.17, 15) is 4.79 Å². The summed E-state index contributed by atoms with van der Waals surface area (Å²) in [6.45, 7) is 11.1. The lowest BCUT2D eigenvalue weighted by molar-refractivity contribution is -0.122. The number of nitrogens with zero attached hydrogens (tertiary/aromatic N) is 2. The first kappa shape index (κ1) is 22.8. The molecule has 2 rings (SSSR count). The molecule has 8 heteroatoms. The molecule has 29 heavy (non-hydrogen) atoms. The largest absolute Gasteiger partial charge is 0.375 e. The Balaban J connectivity index is 1.82. The number of rotatable bonds is 10. The molecule has 0 spiro atoms. The highest BCUT2D eigenvalue weighted by atomic mass is 16.5. The Labute approximate surface area is 173 Å². The van der Waals surface area contributed by atoms with Crippen LogP contribution in [-0.2, 0) is 16.0 Å². The number of carbonyl (C=O) groups is 1. The predicted molar refractivity (Wildman–Crippen MR) is 117 cm³/mol. The fourth-order valence-electron chi connectivity index (χ4n) is 2.90. The highest BCUT2D eigenvalue weighted by Crippen LogP contribution is 2.17. The molecule has 1 aromatic rings. The molecular formula is C21H34N6O2. The van der Waals surface area contributed by atoms with Crippen LogP contribution in [0.5, 0.6) is 0 Å². The molecule has 0 saturated heterocycles. The highest BCUT2D eigenvalue weighted by Gasteiger charge is 2.23. The summed E-state index contributed by atoms with van der Waals surface area (Å²) in [5, 5.41) is 11.4. The maximum absolute atomic E-state index is 12.5. The van der Waals surface area contributed by atoms with Crippen LogP contribution in [0.2, 0.25) is 0 Å². The number of hydrazone groups is 2. The van der Waals surface area contributed by atoms with Crippen molar-refractivity contribution >= 4 is 17.6 Å². The fourth-order valence-corrected chi connectivity index (χ4v) is 2.90. The van der Waals surface area contributed by atoms with Crippen LogP contribution in [-0.4, -0.2) is 41.9 Å². The molecule has 0 atom stereocenters. The third kappa shape index (κ3) is 7.83. The van der Waals surface area contributed by atoms with Crippen molar-refractivity contribution in [2.45, 2.75) is 65.0 Å². The molecule has 0 bridgehead atoms. The van der Waals surface area contributed by atoms with Crippen molar-refractivity contribution < 1.29 is 9.53 Å². The standard InChI is InChI=1S/C21H34N6O2/c1-15-24-26-19(27-25-15)17-8-6-16(7-9-17)14-18(28)23-20(2,3)11-13-29-21(4,5)10-12-22/h6-9H,10-14,22H2,1-5H3,(H,23,28)(H,24,25)(H,26,27). The first-order valence-electron chi connectivity index (χ1n) is 9.99. The first-order chi connectivity index (χ1) is 13.6. The van der Waals surface area contributed by atoms with E-state index in [1.165, 1.54) is 0 Å².